The fourth-order valence-corrected chi connectivity index (χ4v) is 3.13. The summed E-state index contributed by atoms with van der Waals surface area (Å²) in [5, 5.41) is 3.20. The van der Waals surface area contributed by atoms with Crippen molar-refractivity contribution in [1.82, 2.24) is 10.3 Å². The summed E-state index contributed by atoms with van der Waals surface area (Å²) in [5.74, 6) is 0.727. The molecule has 1 fully saturated rings. The fraction of sp³-hybridized carbons (Fsp3) is 0.625. The van der Waals surface area contributed by atoms with Crippen molar-refractivity contribution in [3.05, 3.63) is 18.2 Å². The van der Waals surface area contributed by atoms with Crippen LogP contribution < -0.4 is 10.2 Å². The van der Waals surface area contributed by atoms with Gasteiger partial charge in [-0.2, -0.15) is 0 Å². The Morgan fingerprint density at radius 3 is 2.54 bits per heavy atom. The van der Waals surface area contributed by atoms with E-state index < -0.39 is 15.3 Å². The number of ether oxygens (including phenoxy) is 1. The summed E-state index contributed by atoms with van der Waals surface area (Å²) in [7, 11) is -2.82. The van der Waals surface area contributed by atoms with Gasteiger partial charge < -0.3 is 15.0 Å². The molecule has 2 N–H and O–H groups in total. The molecule has 2 heterocycles. The van der Waals surface area contributed by atoms with Gasteiger partial charge in [0.2, 0.25) is 0 Å². The third-order valence-electron chi connectivity index (χ3n) is 3.65. The van der Waals surface area contributed by atoms with E-state index in [0.717, 1.165) is 31.7 Å². The van der Waals surface area contributed by atoms with Gasteiger partial charge in [-0.3, -0.25) is 0 Å². The Labute approximate surface area is 143 Å². The number of carbonyl (C=O) groups is 1. The Balaban J connectivity index is 1.92. The van der Waals surface area contributed by atoms with Crippen molar-refractivity contribution in [3.8, 4) is 0 Å². The standard InChI is InChI=1S/C16H26N4O3S/c1-16(2,3)23-15(21)18-12-8-10-20(11-9-12)13-6-5-7-14(19-13)24(4,17)22/h5-7,12,17H,8-11H2,1-4H3,(H,18,21). The van der Waals surface area contributed by atoms with Crippen LogP contribution in [-0.2, 0) is 14.5 Å². The highest BCUT2D eigenvalue weighted by Crippen LogP contribution is 2.20. The maximum atomic E-state index is 11.8. The van der Waals surface area contributed by atoms with E-state index in [4.69, 9.17) is 9.52 Å². The van der Waals surface area contributed by atoms with E-state index in [9.17, 15) is 9.00 Å². The molecule has 1 saturated heterocycles. The normalized spacial score (nSPS) is 18.8. The molecular formula is C16H26N4O3S. The molecule has 1 aliphatic heterocycles. The smallest absolute Gasteiger partial charge is 0.407 e. The lowest BCUT2D eigenvalue weighted by molar-refractivity contribution is 0.0497. The average molecular weight is 354 g/mol. The minimum absolute atomic E-state index is 0.0749. The van der Waals surface area contributed by atoms with Crippen molar-refractivity contribution in [2.45, 2.75) is 50.3 Å². The molecule has 1 amide bonds. The van der Waals surface area contributed by atoms with Crippen LogP contribution >= 0.6 is 0 Å². The van der Waals surface area contributed by atoms with Crippen LogP contribution in [-0.4, -0.2) is 46.3 Å². The molecule has 1 unspecified atom stereocenters. The van der Waals surface area contributed by atoms with E-state index in [2.05, 4.69) is 15.2 Å². The number of carbonyl (C=O) groups excluding carboxylic acids is 1. The van der Waals surface area contributed by atoms with Crippen LogP contribution in [0.15, 0.2) is 23.2 Å². The van der Waals surface area contributed by atoms with Gasteiger partial charge in [0.25, 0.3) is 0 Å². The zero-order valence-corrected chi connectivity index (χ0v) is 15.5. The molecule has 1 aromatic rings. The van der Waals surface area contributed by atoms with Gasteiger partial charge in [0.15, 0.2) is 0 Å². The number of amides is 1. The summed E-state index contributed by atoms with van der Waals surface area (Å²) in [6.07, 6.45) is 2.55. The summed E-state index contributed by atoms with van der Waals surface area (Å²) in [5.41, 5.74) is -0.501. The second-order valence-corrected chi connectivity index (χ2v) is 9.19. The Morgan fingerprint density at radius 2 is 2.00 bits per heavy atom. The number of alkyl carbamates (subject to hydrolysis) is 1. The summed E-state index contributed by atoms with van der Waals surface area (Å²) < 4.78 is 24.8. The molecule has 0 spiro atoms. The van der Waals surface area contributed by atoms with Gasteiger partial charge in [0, 0.05) is 25.4 Å². The van der Waals surface area contributed by atoms with Gasteiger partial charge >= 0.3 is 6.09 Å². The summed E-state index contributed by atoms with van der Waals surface area (Å²) in [6.45, 7) is 6.99. The number of rotatable bonds is 3. The number of aromatic nitrogens is 1. The lowest BCUT2D eigenvalue weighted by atomic mass is 10.1. The van der Waals surface area contributed by atoms with Crippen molar-refractivity contribution in [2.75, 3.05) is 24.2 Å². The second-order valence-electron chi connectivity index (χ2n) is 7.09. The first-order valence-electron chi connectivity index (χ1n) is 8.00. The number of nitrogens with one attached hydrogen (secondary N) is 2. The highest BCUT2D eigenvalue weighted by Gasteiger charge is 2.24. The summed E-state index contributed by atoms with van der Waals surface area (Å²) >= 11 is 0. The third kappa shape index (κ3) is 5.36. The van der Waals surface area contributed by atoms with Crippen molar-refractivity contribution < 1.29 is 13.7 Å². The van der Waals surface area contributed by atoms with E-state index in [-0.39, 0.29) is 12.1 Å². The minimum Gasteiger partial charge on any atom is -0.444 e. The lowest BCUT2D eigenvalue weighted by Crippen LogP contribution is -2.46. The van der Waals surface area contributed by atoms with Gasteiger partial charge in [0.05, 0.1) is 9.73 Å². The van der Waals surface area contributed by atoms with Crippen molar-refractivity contribution >= 4 is 21.6 Å². The molecular weight excluding hydrogens is 328 g/mol. The third-order valence-corrected chi connectivity index (χ3v) is 4.67. The Hall–Kier alpha value is -1.83. The van der Waals surface area contributed by atoms with Crippen LogP contribution in [0.1, 0.15) is 33.6 Å². The van der Waals surface area contributed by atoms with Gasteiger partial charge in [-0.15, -0.1) is 0 Å². The summed E-state index contributed by atoms with van der Waals surface area (Å²) in [6, 6.07) is 5.33. The van der Waals surface area contributed by atoms with E-state index in [1.54, 1.807) is 12.1 Å². The van der Waals surface area contributed by atoms with Crippen LogP contribution in [0.2, 0.25) is 0 Å². The number of hydrogen-bond donors (Lipinski definition) is 2. The maximum Gasteiger partial charge on any atom is 0.407 e. The first-order valence-corrected chi connectivity index (χ1v) is 9.96. The van der Waals surface area contributed by atoms with Crippen LogP contribution in [0.3, 0.4) is 0 Å². The van der Waals surface area contributed by atoms with Crippen molar-refractivity contribution in [1.29, 1.82) is 4.78 Å². The van der Waals surface area contributed by atoms with E-state index >= 15 is 0 Å². The number of anilines is 1. The van der Waals surface area contributed by atoms with Gasteiger partial charge in [0.1, 0.15) is 16.4 Å². The van der Waals surface area contributed by atoms with Crippen molar-refractivity contribution in [2.24, 2.45) is 0 Å². The highest BCUT2D eigenvalue weighted by atomic mass is 32.2. The topological polar surface area (TPSA) is 95.4 Å². The van der Waals surface area contributed by atoms with Gasteiger partial charge in [-0.05, 0) is 45.7 Å². The zero-order valence-electron chi connectivity index (χ0n) is 14.7. The number of piperidine rings is 1. The van der Waals surface area contributed by atoms with E-state index in [0.29, 0.717) is 5.03 Å². The van der Waals surface area contributed by atoms with E-state index in [1.807, 2.05) is 26.8 Å². The first kappa shape index (κ1) is 18.5. The Bertz CT molecular complexity index is 690. The van der Waals surface area contributed by atoms with Crippen LogP contribution in [0.25, 0.3) is 0 Å². The molecule has 0 aliphatic carbocycles. The quantitative estimate of drug-likeness (QED) is 0.870. The Morgan fingerprint density at radius 1 is 1.38 bits per heavy atom. The molecule has 24 heavy (non-hydrogen) atoms. The number of pyridine rings is 1. The maximum absolute atomic E-state index is 11.8. The molecule has 0 bridgehead atoms. The minimum atomic E-state index is -2.82. The van der Waals surface area contributed by atoms with Gasteiger partial charge in [-0.25, -0.2) is 18.8 Å². The highest BCUT2D eigenvalue weighted by molar-refractivity contribution is 7.91. The van der Waals surface area contributed by atoms with Gasteiger partial charge in [-0.1, -0.05) is 6.07 Å². The lowest BCUT2D eigenvalue weighted by Gasteiger charge is -2.33. The second kappa shape index (κ2) is 6.96. The molecule has 0 radical (unpaired) electrons. The number of hydrogen-bond acceptors (Lipinski definition) is 6. The Kier molecular flexibility index (Phi) is 5.37. The van der Waals surface area contributed by atoms with Crippen LogP contribution in [0.5, 0.6) is 0 Å². The molecule has 134 valence electrons. The van der Waals surface area contributed by atoms with E-state index in [1.165, 1.54) is 6.26 Å². The zero-order chi connectivity index (χ0) is 18.0. The van der Waals surface area contributed by atoms with Crippen LogP contribution in [0, 0.1) is 4.78 Å². The molecule has 0 saturated carbocycles. The fourth-order valence-electron chi connectivity index (χ4n) is 2.52. The molecule has 1 aliphatic rings. The molecule has 1 atom stereocenters. The van der Waals surface area contributed by atoms with Crippen LogP contribution in [0.4, 0.5) is 10.6 Å². The number of nitrogens with zero attached hydrogens (tertiary/aromatic N) is 2. The molecule has 2 rings (SSSR count). The molecule has 7 nitrogen and oxygen atoms in total. The SMILES string of the molecule is CC(C)(C)OC(=O)NC1CCN(c2cccc(S(C)(=N)=O)n2)CC1. The molecule has 1 aromatic heterocycles. The molecule has 8 heteroatoms. The average Bonchev–Trinajstić information content (AvgIpc) is 2.45. The first-order chi connectivity index (χ1) is 11.0. The predicted molar refractivity (Wildman–Crippen MR) is 93.9 cm³/mol. The largest absolute Gasteiger partial charge is 0.444 e. The predicted octanol–water partition coefficient (Wildman–Crippen LogP) is 2.61. The van der Waals surface area contributed by atoms with Crippen molar-refractivity contribution in [3.63, 3.8) is 0 Å². The monoisotopic (exact) mass is 354 g/mol. The summed E-state index contributed by atoms with van der Waals surface area (Å²) in [4.78, 5) is 18.3. The molecule has 0 aromatic carbocycles.